The molecular formula is C26H28F6N2O3. The molecule has 2 aromatic carbocycles. The van der Waals surface area contributed by atoms with E-state index in [9.17, 15) is 31.1 Å². The maximum absolute atomic E-state index is 13.2. The Hall–Kier alpha value is -3.21. The minimum Gasteiger partial charge on any atom is -0.494 e. The van der Waals surface area contributed by atoms with Crippen LogP contribution in [0.25, 0.3) is 0 Å². The average molecular weight is 531 g/mol. The lowest BCUT2D eigenvalue weighted by atomic mass is 9.89. The number of hydrogen-bond donors (Lipinski definition) is 2. The second-order valence-electron chi connectivity index (χ2n) is 8.98. The van der Waals surface area contributed by atoms with Crippen molar-refractivity contribution in [3.63, 3.8) is 0 Å². The first-order valence-electron chi connectivity index (χ1n) is 11.7. The molecule has 0 radical (unpaired) electrons. The van der Waals surface area contributed by atoms with Crippen molar-refractivity contribution >= 4 is 6.09 Å². The van der Waals surface area contributed by atoms with Crippen molar-refractivity contribution in [2.75, 3.05) is 13.2 Å². The van der Waals surface area contributed by atoms with Gasteiger partial charge in [-0.15, -0.1) is 0 Å². The highest BCUT2D eigenvalue weighted by Crippen LogP contribution is 2.38. The number of amides is 1. The number of hydrogen-bond acceptors (Lipinski definition) is 4. The average Bonchev–Trinajstić information content (AvgIpc) is 3.04. The number of ether oxygens (including phenoxy) is 2. The van der Waals surface area contributed by atoms with Crippen LogP contribution in [-0.4, -0.2) is 19.2 Å². The minimum atomic E-state index is -4.94. The Morgan fingerprint density at radius 3 is 2.24 bits per heavy atom. The van der Waals surface area contributed by atoms with Gasteiger partial charge in [-0.1, -0.05) is 30.3 Å². The van der Waals surface area contributed by atoms with Crippen LogP contribution < -0.4 is 11.1 Å². The van der Waals surface area contributed by atoms with Crippen LogP contribution in [0.2, 0.25) is 0 Å². The lowest BCUT2D eigenvalue weighted by Crippen LogP contribution is -2.30. The maximum atomic E-state index is 13.2. The molecule has 1 aliphatic heterocycles. The van der Waals surface area contributed by atoms with E-state index >= 15 is 0 Å². The van der Waals surface area contributed by atoms with Crippen LogP contribution in [0.1, 0.15) is 54.2 Å². The van der Waals surface area contributed by atoms with E-state index in [0.29, 0.717) is 31.5 Å². The van der Waals surface area contributed by atoms with Gasteiger partial charge in [0.25, 0.3) is 0 Å². The Morgan fingerprint density at radius 1 is 1.05 bits per heavy atom. The van der Waals surface area contributed by atoms with Gasteiger partial charge in [-0.2, -0.15) is 26.3 Å². The van der Waals surface area contributed by atoms with Crippen molar-refractivity contribution in [3.05, 3.63) is 83.1 Å². The Labute approximate surface area is 210 Å². The highest BCUT2D eigenvalue weighted by molar-refractivity contribution is 5.64. The van der Waals surface area contributed by atoms with Gasteiger partial charge in [0.1, 0.15) is 6.10 Å². The molecule has 2 unspecified atom stereocenters. The van der Waals surface area contributed by atoms with E-state index in [4.69, 9.17) is 15.2 Å². The maximum Gasteiger partial charge on any atom is 0.416 e. The van der Waals surface area contributed by atoms with Gasteiger partial charge in [0.05, 0.1) is 24.0 Å². The van der Waals surface area contributed by atoms with Gasteiger partial charge in [-0.25, -0.2) is 4.79 Å². The molecule has 4 atom stereocenters. The number of primary amides is 1. The third-order valence-corrected chi connectivity index (χ3v) is 6.27. The molecule has 1 aliphatic rings. The molecule has 5 nitrogen and oxygen atoms in total. The molecule has 1 fully saturated rings. The van der Waals surface area contributed by atoms with Crippen molar-refractivity contribution < 1.29 is 40.6 Å². The molecule has 11 heteroatoms. The van der Waals surface area contributed by atoms with Gasteiger partial charge in [0, 0.05) is 18.5 Å². The van der Waals surface area contributed by atoms with Crippen LogP contribution in [-0.2, 0) is 21.8 Å². The number of carbonyl (C=O) groups is 1. The first-order chi connectivity index (χ1) is 17.3. The number of nitrogens with two attached hydrogens (primary N) is 1. The normalized spacial score (nSPS) is 21.9. The van der Waals surface area contributed by atoms with Crippen LogP contribution in [0.15, 0.2) is 60.9 Å². The zero-order valence-corrected chi connectivity index (χ0v) is 20.0. The Bertz CT molecular complexity index is 1040. The molecule has 0 aromatic heterocycles. The largest absolute Gasteiger partial charge is 0.494 e. The zero-order valence-electron chi connectivity index (χ0n) is 20.0. The molecular weight excluding hydrogens is 502 g/mol. The predicted octanol–water partition coefficient (Wildman–Crippen LogP) is 6.77. The van der Waals surface area contributed by atoms with Crippen LogP contribution in [0, 0.1) is 11.8 Å². The molecule has 1 heterocycles. The van der Waals surface area contributed by atoms with Crippen LogP contribution >= 0.6 is 0 Å². The van der Waals surface area contributed by atoms with Crippen molar-refractivity contribution in [2.45, 2.75) is 44.3 Å². The van der Waals surface area contributed by atoms with Gasteiger partial charge < -0.3 is 20.5 Å². The molecule has 0 bridgehead atoms. The molecule has 0 saturated carbocycles. The van der Waals surface area contributed by atoms with Gasteiger partial charge in [0.2, 0.25) is 0 Å². The molecule has 202 valence electrons. The van der Waals surface area contributed by atoms with E-state index in [1.54, 1.807) is 6.08 Å². The number of carbonyl (C=O) groups excluding carboxylic acids is 1. The number of alkyl halides is 6. The Balaban J connectivity index is 1.78. The summed E-state index contributed by atoms with van der Waals surface area (Å²) >= 11 is 0. The zero-order chi connectivity index (χ0) is 27.2. The fourth-order valence-electron chi connectivity index (χ4n) is 4.27. The van der Waals surface area contributed by atoms with Gasteiger partial charge in [0.15, 0.2) is 0 Å². The third-order valence-electron chi connectivity index (χ3n) is 6.27. The van der Waals surface area contributed by atoms with Gasteiger partial charge in [-0.3, -0.25) is 0 Å². The molecule has 0 spiro atoms. The molecule has 0 aliphatic carbocycles. The molecule has 3 rings (SSSR count). The van der Waals surface area contributed by atoms with Crippen molar-refractivity contribution in [2.24, 2.45) is 17.6 Å². The summed E-state index contributed by atoms with van der Waals surface area (Å²) in [6.07, 6.45) is -7.37. The SMILES string of the molecule is C[C@@H](O/C=C/C1CCC(COC(N)=O)CN[C@@H]1c1ccccc1)c1cc(C(F)(F)F)cc(C(F)(F)F)c1. The van der Waals surface area contributed by atoms with E-state index in [1.807, 2.05) is 30.3 Å². The molecule has 3 N–H and O–H groups in total. The highest BCUT2D eigenvalue weighted by atomic mass is 19.4. The first-order valence-corrected chi connectivity index (χ1v) is 11.7. The third kappa shape index (κ3) is 8.14. The van der Waals surface area contributed by atoms with Crippen LogP contribution in [0.3, 0.4) is 0 Å². The Kier molecular flexibility index (Phi) is 9.12. The smallest absolute Gasteiger partial charge is 0.416 e. The second kappa shape index (κ2) is 11.9. The molecule has 1 saturated heterocycles. The summed E-state index contributed by atoms with van der Waals surface area (Å²) in [6.45, 7) is 2.10. The molecule has 37 heavy (non-hydrogen) atoms. The lowest BCUT2D eigenvalue weighted by Gasteiger charge is -2.24. The summed E-state index contributed by atoms with van der Waals surface area (Å²) < 4.78 is 89.7. The molecule has 1 amide bonds. The summed E-state index contributed by atoms with van der Waals surface area (Å²) in [5.74, 6) is -0.0942. The summed E-state index contributed by atoms with van der Waals surface area (Å²) in [7, 11) is 0. The number of halogens is 6. The quantitative estimate of drug-likeness (QED) is 0.306. The summed E-state index contributed by atoms with van der Waals surface area (Å²) in [5, 5.41) is 3.45. The van der Waals surface area contributed by atoms with Gasteiger partial charge in [-0.05, 0) is 61.1 Å². The number of benzene rings is 2. The standard InChI is InChI=1S/C26H28F6N2O3/c1-16(20-11-21(25(27,28)29)13-22(12-20)26(30,31)32)36-10-9-19-8-7-17(15-37-24(33)35)14-34-23(19)18-5-3-2-4-6-18/h2-6,9-13,16-17,19,23,34H,7-8,14-15H2,1H3,(H2,33,35)/b10-9+/t16-,17?,19?,23-/m1/s1. The van der Waals surface area contributed by atoms with Crippen LogP contribution in [0.5, 0.6) is 0 Å². The second-order valence-corrected chi connectivity index (χ2v) is 8.98. The number of nitrogens with one attached hydrogen (secondary N) is 1. The van der Waals surface area contributed by atoms with E-state index < -0.39 is 35.7 Å². The van der Waals surface area contributed by atoms with Gasteiger partial charge >= 0.3 is 18.4 Å². The van der Waals surface area contributed by atoms with E-state index in [1.165, 1.54) is 13.2 Å². The first kappa shape index (κ1) is 28.4. The van der Waals surface area contributed by atoms with Crippen molar-refractivity contribution in [3.8, 4) is 0 Å². The van der Waals surface area contributed by atoms with Crippen molar-refractivity contribution in [1.29, 1.82) is 0 Å². The van der Waals surface area contributed by atoms with E-state index in [0.717, 1.165) is 5.56 Å². The van der Waals surface area contributed by atoms with E-state index in [2.05, 4.69) is 5.32 Å². The Morgan fingerprint density at radius 2 is 1.68 bits per heavy atom. The highest BCUT2D eigenvalue weighted by Gasteiger charge is 2.37. The monoisotopic (exact) mass is 530 g/mol. The molecule has 2 aromatic rings. The lowest BCUT2D eigenvalue weighted by molar-refractivity contribution is -0.143. The fraction of sp³-hybridized carbons (Fsp3) is 0.423. The minimum absolute atomic E-state index is 0.0165. The topological polar surface area (TPSA) is 73.6 Å². The summed E-state index contributed by atoms with van der Waals surface area (Å²) in [6, 6.07) is 10.8. The van der Waals surface area contributed by atoms with Crippen LogP contribution in [0.4, 0.5) is 31.1 Å². The number of rotatable bonds is 7. The summed E-state index contributed by atoms with van der Waals surface area (Å²) in [4.78, 5) is 11.0. The predicted molar refractivity (Wildman–Crippen MR) is 124 cm³/mol. The summed E-state index contributed by atoms with van der Waals surface area (Å²) in [5.41, 5.74) is 3.04. The fourth-order valence-corrected chi connectivity index (χ4v) is 4.27. The van der Waals surface area contributed by atoms with E-state index in [-0.39, 0.29) is 36.1 Å². The van der Waals surface area contributed by atoms with Crippen molar-refractivity contribution in [1.82, 2.24) is 5.32 Å².